The van der Waals surface area contributed by atoms with Crippen molar-refractivity contribution in [3.63, 3.8) is 0 Å². The fourth-order valence-corrected chi connectivity index (χ4v) is 2.86. The van der Waals surface area contributed by atoms with Gasteiger partial charge in [-0.1, -0.05) is 32.9 Å². The minimum Gasteiger partial charge on any atom is -0.381 e. The standard InChI is InChI=1S/C19H30N2O2/c1-19(2,3)16-6-8-17(9-7-16)21-18(22)20-12-4-5-15-10-13-23-14-11-15/h6-9,15H,4-5,10-14H2,1-3H3,(H2,20,21,22). The van der Waals surface area contributed by atoms with Crippen molar-refractivity contribution in [2.75, 3.05) is 25.1 Å². The van der Waals surface area contributed by atoms with Gasteiger partial charge < -0.3 is 15.4 Å². The van der Waals surface area contributed by atoms with E-state index in [0.29, 0.717) is 0 Å². The molecule has 4 nitrogen and oxygen atoms in total. The number of anilines is 1. The molecule has 0 saturated carbocycles. The summed E-state index contributed by atoms with van der Waals surface area (Å²) in [6, 6.07) is 7.94. The van der Waals surface area contributed by atoms with E-state index in [-0.39, 0.29) is 11.4 Å². The zero-order chi connectivity index (χ0) is 16.7. The summed E-state index contributed by atoms with van der Waals surface area (Å²) in [5, 5.41) is 5.82. The molecule has 1 aliphatic rings. The number of nitrogens with one attached hydrogen (secondary N) is 2. The van der Waals surface area contributed by atoms with E-state index in [4.69, 9.17) is 4.74 Å². The Labute approximate surface area is 140 Å². The van der Waals surface area contributed by atoms with E-state index >= 15 is 0 Å². The second kappa shape index (κ2) is 8.34. The summed E-state index contributed by atoms with van der Waals surface area (Å²) in [4.78, 5) is 11.9. The Bertz CT molecular complexity index is 485. The molecule has 1 heterocycles. The van der Waals surface area contributed by atoms with Gasteiger partial charge in [-0.3, -0.25) is 0 Å². The van der Waals surface area contributed by atoms with Crippen LogP contribution in [0.15, 0.2) is 24.3 Å². The Balaban J connectivity index is 1.66. The molecule has 1 fully saturated rings. The number of carbonyl (C=O) groups excluding carboxylic acids is 1. The summed E-state index contributed by atoms with van der Waals surface area (Å²) in [7, 11) is 0. The number of ether oxygens (including phenoxy) is 1. The lowest BCUT2D eigenvalue weighted by atomic mass is 9.87. The molecule has 0 aliphatic carbocycles. The van der Waals surface area contributed by atoms with Crippen LogP contribution in [0.1, 0.15) is 52.0 Å². The molecule has 128 valence electrons. The molecule has 0 spiro atoms. The van der Waals surface area contributed by atoms with Crippen molar-refractivity contribution < 1.29 is 9.53 Å². The highest BCUT2D eigenvalue weighted by atomic mass is 16.5. The van der Waals surface area contributed by atoms with Crippen molar-refractivity contribution >= 4 is 11.7 Å². The number of hydrogen-bond donors (Lipinski definition) is 2. The van der Waals surface area contributed by atoms with E-state index < -0.39 is 0 Å². The Morgan fingerprint density at radius 2 is 1.83 bits per heavy atom. The Hall–Kier alpha value is -1.55. The van der Waals surface area contributed by atoms with Crippen LogP contribution >= 0.6 is 0 Å². The average molecular weight is 318 g/mol. The van der Waals surface area contributed by atoms with E-state index in [1.807, 2.05) is 12.1 Å². The number of carbonyl (C=O) groups is 1. The molecule has 1 aromatic rings. The molecule has 0 unspecified atom stereocenters. The van der Waals surface area contributed by atoms with Gasteiger partial charge in [-0.05, 0) is 54.7 Å². The minimum absolute atomic E-state index is 0.125. The number of rotatable bonds is 5. The predicted octanol–water partition coefficient (Wildman–Crippen LogP) is 4.31. The third-order valence-electron chi connectivity index (χ3n) is 4.42. The number of benzene rings is 1. The van der Waals surface area contributed by atoms with Gasteiger partial charge in [-0.2, -0.15) is 0 Å². The minimum atomic E-state index is -0.125. The lowest BCUT2D eigenvalue weighted by Gasteiger charge is -2.21. The quantitative estimate of drug-likeness (QED) is 0.795. The maximum Gasteiger partial charge on any atom is 0.319 e. The summed E-state index contributed by atoms with van der Waals surface area (Å²) in [5.41, 5.74) is 2.23. The summed E-state index contributed by atoms with van der Waals surface area (Å²) >= 11 is 0. The number of urea groups is 1. The molecule has 23 heavy (non-hydrogen) atoms. The Morgan fingerprint density at radius 3 is 2.43 bits per heavy atom. The molecular formula is C19H30N2O2. The van der Waals surface area contributed by atoms with Crippen LogP contribution in [0, 0.1) is 5.92 Å². The highest BCUT2D eigenvalue weighted by Crippen LogP contribution is 2.23. The molecule has 0 atom stereocenters. The Morgan fingerprint density at radius 1 is 1.17 bits per heavy atom. The van der Waals surface area contributed by atoms with Crippen LogP contribution in [0.5, 0.6) is 0 Å². The highest BCUT2D eigenvalue weighted by Gasteiger charge is 2.14. The normalized spacial score (nSPS) is 16.1. The first-order chi connectivity index (χ1) is 10.9. The molecule has 0 aromatic heterocycles. The van der Waals surface area contributed by atoms with Crippen LogP contribution in [0.4, 0.5) is 10.5 Å². The van der Waals surface area contributed by atoms with Gasteiger partial charge in [0.1, 0.15) is 0 Å². The van der Waals surface area contributed by atoms with Gasteiger partial charge in [0.15, 0.2) is 0 Å². The molecule has 0 bridgehead atoms. The van der Waals surface area contributed by atoms with Crippen LogP contribution in [0.2, 0.25) is 0 Å². The maximum atomic E-state index is 11.9. The zero-order valence-corrected chi connectivity index (χ0v) is 14.7. The van der Waals surface area contributed by atoms with Gasteiger partial charge in [-0.15, -0.1) is 0 Å². The van der Waals surface area contributed by atoms with Crippen molar-refractivity contribution in [2.45, 2.75) is 51.9 Å². The molecule has 2 rings (SSSR count). The van der Waals surface area contributed by atoms with Gasteiger partial charge in [-0.25, -0.2) is 4.79 Å². The smallest absolute Gasteiger partial charge is 0.319 e. The van der Waals surface area contributed by atoms with E-state index in [2.05, 4.69) is 43.5 Å². The zero-order valence-electron chi connectivity index (χ0n) is 14.7. The fourth-order valence-electron chi connectivity index (χ4n) is 2.86. The van der Waals surface area contributed by atoms with Crippen LogP contribution in [0.3, 0.4) is 0 Å². The monoisotopic (exact) mass is 318 g/mol. The van der Waals surface area contributed by atoms with Gasteiger partial charge in [0.25, 0.3) is 0 Å². The molecular weight excluding hydrogens is 288 g/mol. The molecule has 4 heteroatoms. The molecule has 2 amide bonds. The summed E-state index contributed by atoms with van der Waals surface area (Å²) < 4.78 is 5.36. The maximum absolute atomic E-state index is 11.9. The van der Waals surface area contributed by atoms with Crippen molar-refractivity contribution in [1.82, 2.24) is 5.32 Å². The Kier molecular flexibility index (Phi) is 6.46. The summed E-state index contributed by atoms with van der Waals surface area (Å²) in [6.45, 7) is 9.05. The number of amides is 2. The lowest BCUT2D eigenvalue weighted by Crippen LogP contribution is -2.30. The van der Waals surface area contributed by atoms with Crippen LogP contribution in [-0.2, 0) is 10.2 Å². The number of hydrogen-bond acceptors (Lipinski definition) is 2. The first-order valence-electron chi connectivity index (χ1n) is 8.68. The first kappa shape index (κ1) is 17.8. The molecule has 2 N–H and O–H groups in total. The van der Waals surface area contributed by atoms with Gasteiger partial charge in [0.2, 0.25) is 0 Å². The van der Waals surface area contributed by atoms with Crippen LogP contribution in [0.25, 0.3) is 0 Å². The SMILES string of the molecule is CC(C)(C)c1ccc(NC(=O)NCCCC2CCOCC2)cc1. The second-order valence-electron chi connectivity index (χ2n) is 7.41. The third-order valence-corrected chi connectivity index (χ3v) is 4.42. The van der Waals surface area contributed by atoms with Crippen molar-refractivity contribution in [2.24, 2.45) is 5.92 Å². The first-order valence-corrected chi connectivity index (χ1v) is 8.68. The van der Waals surface area contributed by atoms with Crippen molar-refractivity contribution in [3.05, 3.63) is 29.8 Å². The largest absolute Gasteiger partial charge is 0.381 e. The highest BCUT2D eigenvalue weighted by molar-refractivity contribution is 5.89. The van der Waals surface area contributed by atoms with Gasteiger partial charge in [0.05, 0.1) is 0 Å². The van der Waals surface area contributed by atoms with E-state index in [0.717, 1.165) is 50.6 Å². The lowest BCUT2D eigenvalue weighted by molar-refractivity contribution is 0.0634. The molecule has 1 aromatic carbocycles. The second-order valence-corrected chi connectivity index (χ2v) is 7.41. The predicted molar refractivity (Wildman–Crippen MR) is 94.9 cm³/mol. The summed E-state index contributed by atoms with van der Waals surface area (Å²) in [6.07, 6.45) is 4.52. The van der Waals surface area contributed by atoms with Crippen molar-refractivity contribution in [3.8, 4) is 0 Å². The van der Waals surface area contributed by atoms with Crippen molar-refractivity contribution in [1.29, 1.82) is 0 Å². The topological polar surface area (TPSA) is 50.4 Å². The molecule has 0 radical (unpaired) electrons. The molecule has 1 saturated heterocycles. The van der Waals surface area contributed by atoms with Crippen LogP contribution < -0.4 is 10.6 Å². The average Bonchev–Trinajstić information content (AvgIpc) is 2.52. The van der Waals surface area contributed by atoms with E-state index in [1.54, 1.807) is 0 Å². The third kappa shape index (κ3) is 6.22. The fraction of sp³-hybridized carbons (Fsp3) is 0.632. The van der Waals surface area contributed by atoms with Gasteiger partial charge in [0, 0.05) is 25.4 Å². The van der Waals surface area contributed by atoms with E-state index in [1.165, 1.54) is 12.0 Å². The van der Waals surface area contributed by atoms with Gasteiger partial charge >= 0.3 is 6.03 Å². The van der Waals surface area contributed by atoms with E-state index in [9.17, 15) is 4.79 Å². The summed E-state index contributed by atoms with van der Waals surface area (Å²) in [5.74, 6) is 0.763. The van der Waals surface area contributed by atoms with Crippen LogP contribution in [-0.4, -0.2) is 25.8 Å². The molecule has 1 aliphatic heterocycles.